The van der Waals surface area contributed by atoms with Gasteiger partial charge in [0.05, 0.1) is 6.61 Å². The van der Waals surface area contributed by atoms with E-state index >= 15 is 0 Å². The first-order valence-electron chi connectivity index (χ1n) is 6.38. The molecular weight excluding hydrogens is 266 g/mol. The Morgan fingerprint density at radius 2 is 2.22 bits per heavy atom. The van der Waals surface area contributed by atoms with Gasteiger partial charge >= 0.3 is 0 Å². The third kappa shape index (κ3) is 6.10. The fourth-order valence-corrected chi connectivity index (χ4v) is 2.84. The molecule has 2 nitrogen and oxygen atoms in total. The second kappa shape index (κ2) is 9.68. The highest BCUT2D eigenvalue weighted by Gasteiger charge is 2.02. The Hall–Kier alpha value is -0.220. The van der Waals surface area contributed by atoms with Crippen molar-refractivity contribution in [1.82, 2.24) is 5.32 Å². The Morgan fingerprint density at radius 1 is 1.39 bits per heavy atom. The van der Waals surface area contributed by atoms with Crippen molar-refractivity contribution in [1.29, 1.82) is 0 Å². The minimum atomic E-state index is 0.725. The normalized spacial score (nSPS) is 10.8. The summed E-state index contributed by atoms with van der Waals surface area (Å²) >= 11 is 8.15. The van der Waals surface area contributed by atoms with Gasteiger partial charge in [0.1, 0.15) is 0 Å². The van der Waals surface area contributed by atoms with Crippen LogP contribution in [0.1, 0.15) is 25.3 Å². The van der Waals surface area contributed by atoms with Crippen LogP contribution in [0.5, 0.6) is 0 Å². The summed E-state index contributed by atoms with van der Waals surface area (Å²) in [6.07, 6.45) is 2.49. The zero-order valence-corrected chi connectivity index (χ0v) is 12.7. The molecule has 0 saturated heterocycles. The van der Waals surface area contributed by atoms with Crippen LogP contribution >= 0.6 is 23.4 Å². The van der Waals surface area contributed by atoms with E-state index in [1.807, 2.05) is 11.8 Å². The van der Waals surface area contributed by atoms with Crippen LogP contribution in [0.3, 0.4) is 0 Å². The monoisotopic (exact) mass is 287 g/mol. The van der Waals surface area contributed by atoms with Gasteiger partial charge in [-0.2, -0.15) is 0 Å². The number of nitrogens with one attached hydrogen (secondary N) is 1. The van der Waals surface area contributed by atoms with Crippen LogP contribution in [-0.4, -0.2) is 26.0 Å². The molecule has 0 aliphatic heterocycles. The lowest BCUT2D eigenvalue weighted by Crippen LogP contribution is -2.18. The molecule has 0 saturated carbocycles. The molecule has 18 heavy (non-hydrogen) atoms. The average Bonchev–Trinajstić information content (AvgIpc) is 2.37. The third-order valence-corrected chi connectivity index (χ3v) is 4.02. The van der Waals surface area contributed by atoms with E-state index in [4.69, 9.17) is 16.3 Å². The summed E-state index contributed by atoms with van der Waals surface area (Å²) in [5, 5.41) is 4.15. The number of benzene rings is 1. The summed E-state index contributed by atoms with van der Waals surface area (Å²) in [6, 6.07) is 6.32. The van der Waals surface area contributed by atoms with Crippen LogP contribution in [0.2, 0.25) is 5.02 Å². The van der Waals surface area contributed by atoms with Crippen molar-refractivity contribution in [2.75, 3.05) is 26.0 Å². The number of hydrogen-bond donors (Lipinski definition) is 1. The smallest absolute Gasteiger partial charge is 0.0587 e. The van der Waals surface area contributed by atoms with Crippen LogP contribution < -0.4 is 5.32 Å². The first-order valence-corrected chi connectivity index (χ1v) is 7.75. The molecule has 0 aliphatic rings. The zero-order valence-electron chi connectivity index (χ0n) is 11.2. The van der Waals surface area contributed by atoms with Gasteiger partial charge < -0.3 is 10.1 Å². The Morgan fingerprint density at radius 3 is 2.89 bits per heavy atom. The first kappa shape index (κ1) is 15.8. The van der Waals surface area contributed by atoms with Crippen molar-refractivity contribution in [2.45, 2.75) is 31.2 Å². The van der Waals surface area contributed by atoms with Gasteiger partial charge in [-0.15, -0.1) is 11.8 Å². The predicted octanol–water partition coefficient (Wildman–Crippen LogP) is 3.97. The molecule has 0 aliphatic carbocycles. The molecule has 0 radical (unpaired) electrons. The van der Waals surface area contributed by atoms with E-state index in [1.54, 1.807) is 7.11 Å². The van der Waals surface area contributed by atoms with Gasteiger partial charge in [-0.1, -0.05) is 31.0 Å². The Kier molecular flexibility index (Phi) is 8.51. The largest absolute Gasteiger partial charge is 0.383 e. The summed E-state index contributed by atoms with van der Waals surface area (Å²) in [7, 11) is 1.71. The van der Waals surface area contributed by atoms with Crippen LogP contribution in [0, 0.1) is 0 Å². The highest BCUT2D eigenvalue weighted by atomic mass is 35.5. The average molecular weight is 288 g/mol. The molecule has 102 valence electrons. The van der Waals surface area contributed by atoms with Crippen LogP contribution in [0.4, 0.5) is 0 Å². The number of halogens is 1. The van der Waals surface area contributed by atoms with E-state index in [9.17, 15) is 0 Å². The highest BCUT2D eigenvalue weighted by Crippen LogP contribution is 2.25. The Balaban J connectivity index is 2.41. The summed E-state index contributed by atoms with van der Waals surface area (Å²) in [6.45, 7) is 4.58. The minimum Gasteiger partial charge on any atom is -0.383 e. The van der Waals surface area contributed by atoms with E-state index in [2.05, 4.69) is 30.4 Å². The fourth-order valence-electron chi connectivity index (χ4n) is 1.49. The fraction of sp³-hybridized carbons (Fsp3) is 0.571. The third-order valence-electron chi connectivity index (χ3n) is 2.59. The molecule has 0 unspecified atom stereocenters. The van der Waals surface area contributed by atoms with Crippen molar-refractivity contribution in [3.05, 3.63) is 28.8 Å². The number of unbranched alkanes of at least 4 members (excludes halogenated alkanes) is 1. The van der Waals surface area contributed by atoms with Crippen LogP contribution in [-0.2, 0) is 11.3 Å². The Labute approximate surface area is 119 Å². The van der Waals surface area contributed by atoms with E-state index in [0.29, 0.717) is 0 Å². The lowest BCUT2D eigenvalue weighted by molar-refractivity contribution is 0.199. The molecule has 0 bridgehead atoms. The predicted molar refractivity (Wildman–Crippen MR) is 80.7 cm³/mol. The molecule has 4 heteroatoms. The van der Waals surface area contributed by atoms with Gasteiger partial charge in [0.25, 0.3) is 0 Å². The van der Waals surface area contributed by atoms with E-state index < -0.39 is 0 Å². The van der Waals surface area contributed by atoms with Gasteiger partial charge in [-0.3, -0.25) is 0 Å². The van der Waals surface area contributed by atoms with Crippen LogP contribution in [0.25, 0.3) is 0 Å². The van der Waals surface area contributed by atoms with Gasteiger partial charge in [0.15, 0.2) is 0 Å². The number of methoxy groups -OCH3 is 1. The standard InChI is InChI=1S/C14H22ClNOS/c1-3-4-9-18-13-6-5-12(14(15)10-13)11-16-7-8-17-2/h5-6,10,16H,3-4,7-9,11H2,1-2H3. The number of thioether (sulfide) groups is 1. The van der Waals surface area contributed by atoms with E-state index in [-0.39, 0.29) is 0 Å². The topological polar surface area (TPSA) is 21.3 Å². The van der Waals surface area contributed by atoms with Gasteiger partial charge in [0, 0.05) is 30.1 Å². The minimum absolute atomic E-state index is 0.725. The number of hydrogen-bond acceptors (Lipinski definition) is 3. The second-order valence-electron chi connectivity index (χ2n) is 4.12. The van der Waals surface area contributed by atoms with E-state index in [1.165, 1.54) is 17.7 Å². The molecule has 0 fully saturated rings. The zero-order chi connectivity index (χ0) is 13.2. The molecule has 0 atom stereocenters. The number of ether oxygens (including phenoxy) is 1. The maximum atomic E-state index is 6.27. The van der Waals surface area contributed by atoms with Crippen molar-refractivity contribution in [2.24, 2.45) is 0 Å². The SMILES string of the molecule is CCCCSc1ccc(CNCCOC)c(Cl)c1. The molecule has 0 amide bonds. The molecule has 0 heterocycles. The Bertz CT molecular complexity index is 347. The van der Waals surface area contributed by atoms with Gasteiger partial charge in [-0.05, 0) is 29.9 Å². The molecule has 1 aromatic carbocycles. The molecule has 1 rings (SSSR count). The van der Waals surface area contributed by atoms with Crippen molar-refractivity contribution < 1.29 is 4.74 Å². The van der Waals surface area contributed by atoms with Crippen molar-refractivity contribution >= 4 is 23.4 Å². The molecular formula is C14H22ClNOS. The lowest BCUT2D eigenvalue weighted by Gasteiger charge is -2.08. The quantitative estimate of drug-likeness (QED) is 0.548. The highest BCUT2D eigenvalue weighted by molar-refractivity contribution is 7.99. The summed E-state index contributed by atoms with van der Waals surface area (Å²) in [4.78, 5) is 1.26. The molecule has 1 N–H and O–H groups in total. The maximum absolute atomic E-state index is 6.27. The second-order valence-corrected chi connectivity index (χ2v) is 5.70. The van der Waals surface area contributed by atoms with Crippen molar-refractivity contribution in [3.63, 3.8) is 0 Å². The van der Waals surface area contributed by atoms with E-state index in [0.717, 1.165) is 36.0 Å². The van der Waals surface area contributed by atoms with Crippen LogP contribution in [0.15, 0.2) is 23.1 Å². The first-order chi connectivity index (χ1) is 8.77. The van der Waals surface area contributed by atoms with Crippen molar-refractivity contribution in [3.8, 4) is 0 Å². The van der Waals surface area contributed by atoms with Gasteiger partial charge in [0.2, 0.25) is 0 Å². The summed E-state index contributed by atoms with van der Waals surface area (Å²) < 4.78 is 4.99. The molecule has 0 spiro atoms. The van der Waals surface area contributed by atoms with Gasteiger partial charge in [-0.25, -0.2) is 0 Å². The molecule has 0 aromatic heterocycles. The molecule has 1 aromatic rings. The summed E-state index contributed by atoms with van der Waals surface area (Å²) in [5.74, 6) is 1.16. The number of rotatable bonds is 9. The lowest BCUT2D eigenvalue weighted by atomic mass is 10.2. The maximum Gasteiger partial charge on any atom is 0.0587 e. The summed E-state index contributed by atoms with van der Waals surface area (Å²) in [5.41, 5.74) is 1.15.